The van der Waals surface area contributed by atoms with E-state index in [1.807, 2.05) is 24.3 Å². The van der Waals surface area contributed by atoms with Gasteiger partial charge in [-0.3, -0.25) is 4.79 Å². The van der Waals surface area contributed by atoms with E-state index in [0.29, 0.717) is 40.0 Å². The van der Waals surface area contributed by atoms with Crippen LogP contribution in [0.5, 0.6) is 0 Å². The molecule has 154 valence electrons. The van der Waals surface area contributed by atoms with E-state index in [-0.39, 0.29) is 23.1 Å². The first-order chi connectivity index (χ1) is 14.4. The minimum absolute atomic E-state index is 0.107. The highest BCUT2D eigenvalue weighted by Gasteiger charge is 2.30. The maximum Gasteiger partial charge on any atom is 0.270 e. The van der Waals surface area contributed by atoms with E-state index in [0.717, 1.165) is 12.1 Å². The molecule has 0 aliphatic carbocycles. The van der Waals surface area contributed by atoms with E-state index in [1.54, 1.807) is 19.2 Å². The molecule has 0 radical (unpaired) electrons. The van der Waals surface area contributed by atoms with Gasteiger partial charge in [0.1, 0.15) is 22.3 Å². The topological polar surface area (TPSA) is 74.0 Å². The van der Waals surface area contributed by atoms with Gasteiger partial charge in [0.15, 0.2) is 0 Å². The molecule has 0 bridgehead atoms. The average molecular weight is 442 g/mol. The summed E-state index contributed by atoms with van der Waals surface area (Å²) in [5.74, 6) is 0.277. The molecule has 0 amide bonds. The summed E-state index contributed by atoms with van der Waals surface area (Å²) in [4.78, 5) is 19.4. The Hall–Kier alpha value is -2.75. The fraction of sp³-hybridized carbons (Fsp3) is 0.318. The zero-order valence-corrected chi connectivity index (χ0v) is 18.2. The van der Waals surface area contributed by atoms with Crippen LogP contribution in [-0.2, 0) is 7.05 Å². The Morgan fingerprint density at radius 2 is 1.93 bits per heavy atom. The largest absolute Gasteiger partial charge is 0.382 e. The molecule has 8 heteroatoms. The molecule has 1 aromatic carbocycles. The molecule has 3 aromatic rings. The minimum atomic E-state index is -0.321. The summed E-state index contributed by atoms with van der Waals surface area (Å²) < 4.78 is 1.46. The van der Waals surface area contributed by atoms with E-state index in [1.165, 1.54) is 4.57 Å². The summed E-state index contributed by atoms with van der Waals surface area (Å²) in [6.07, 6.45) is 0.853. The lowest BCUT2D eigenvalue weighted by molar-refractivity contribution is 0.404. The molecule has 0 unspecified atom stereocenters. The van der Waals surface area contributed by atoms with Crippen LogP contribution in [0.1, 0.15) is 18.9 Å². The monoisotopic (exact) mass is 441 g/mol. The van der Waals surface area contributed by atoms with Crippen molar-refractivity contribution >= 4 is 45.6 Å². The number of fused-ring (bicyclic) bond motifs is 1. The summed E-state index contributed by atoms with van der Waals surface area (Å²) in [6.45, 7) is 3.55. The van der Waals surface area contributed by atoms with Crippen LogP contribution >= 0.6 is 23.2 Å². The highest BCUT2D eigenvalue weighted by molar-refractivity contribution is 6.30. The Morgan fingerprint density at radius 3 is 2.60 bits per heavy atom. The number of piperidine rings is 1. The normalized spacial score (nSPS) is 19.0. The van der Waals surface area contributed by atoms with Crippen LogP contribution in [0.4, 0.5) is 11.4 Å². The molecule has 2 aromatic heterocycles. The van der Waals surface area contributed by atoms with Gasteiger partial charge in [0.25, 0.3) is 5.56 Å². The molecule has 1 aliphatic rings. The van der Waals surface area contributed by atoms with Crippen molar-refractivity contribution in [3.05, 3.63) is 62.5 Å². The number of hydrogen-bond donors (Lipinski definition) is 1. The second-order valence-electron chi connectivity index (χ2n) is 7.67. The number of pyridine rings is 2. The number of anilines is 2. The highest BCUT2D eigenvalue weighted by Crippen LogP contribution is 2.32. The standard InChI is InChI=1S/C22H21Cl2N5O/c1-13-12-29(10-9-17(13)26-15-5-3-14(23)4-6-15)21-16(11-25)22(30)28(2)18-7-8-19(24)27-20(18)21/h3-8,13,17,26H,9-10,12H2,1-2H3/t13-,17+/m1/s1. The summed E-state index contributed by atoms with van der Waals surface area (Å²) in [5.41, 5.74) is 2.63. The van der Waals surface area contributed by atoms with Crippen LogP contribution in [0.25, 0.3) is 11.0 Å². The zero-order chi connectivity index (χ0) is 21.4. The van der Waals surface area contributed by atoms with Gasteiger partial charge in [0.05, 0.1) is 11.2 Å². The maximum absolute atomic E-state index is 12.8. The van der Waals surface area contributed by atoms with Gasteiger partial charge in [-0.05, 0) is 48.7 Å². The van der Waals surface area contributed by atoms with Crippen molar-refractivity contribution in [3.8, 4) is 6.07 Å². The lowest BCUT2D eigenvalue weighted by Gasteiger charge is -2.39. The summed E-state index contributed by atoms with van der Waals surface area (Å²) >= 11 is 12.1. The van der Waals surface area contributed by atoms with E-state index in [9.17, 15) is 10.1 Å². The SMILES string of the molecule is C[C@@H]1CN(c2c(C#N)c(=O)n(C)c3ccc(Cl)nc23)CC[C@@H]1Nc1ccc(Cl)cc1. The van der Waals surface area contributed by atoms with Gasteiger partial charge in [-0.1, -0.05) is 30.1 Å². The smallest absolute Gasteiger partial charge is 0.270 e. The van der Waals surface area contributed by atoms with Gasteiger partial charge in [-0.15, -0.1) is 0 Å². The van der Waals surface area contributed by atoms with Gasteiger partial charge in [0, 0.05) is 36.9 Å². The predicted molar refractivity (Wildman–Crippen MR) is 122 cm³/mol. The van der Waals surface area contributed by atoms with Gasteiger partial charge in [-0.2, -0.15) is 5.26 Å². The lowest BCUT2D eigenvalue weighted by atomic mass is 9.92. The number of nitrogens with one attached hydrogen (secondary N) is 1. The van der Waals surface area contributed by atoms with Crippen LogP contribution in [-0.4, -0.2) is 28.7 Å². The Morgan fingerprint density at radius 1 is 1.20 bits per heavy atom. The fourth-order valence-corrected chi connectivity index (χ4v) is 4.38. The highest BCUT2D eigenvalue weighted by atomic mass is 35.5. The number of hydrogen-bond acceptors (Lipinski definition) is 5. The molecule has 2 atom stereocenters. The Bertz CT molecular complexity index is 1200. The number of nitrogens with zero attached hydrogens (tertiary/aromatic N) is 4. The van der Waals surface area contributed by atoms with Crippen LogP contribution in [0.3, 0.4) is 0 Å². The number of benzene rings is 1. The molecule has 3 heterocycles. The maximum atomic E-state index is 12.8. The van der Waals surface area contributed by atoms with E-state index in [4.69, 9.17) is 23.2 Å². The van der Waals surface area contributed by atoms with Gasteiger partial charge in [0.2, 0.25) is 0 Å². The number of aryl methyl sites for hydroxylation is 1. The van der Waals surface area contributed by atoms with Crippen molar-refractivity contribution in [1.29, 1.82) is 5.26 Å². The second kappa shape index (κ2) is 8.17. The third-order valence-electron chi connectivity index (χ3n) is 5.71. The van der Waals surface area contributed by atoms with Crippen molar-refractivity contribution in [3.63, 3.8) is 0 Å². The molecule has 30 heavy (non-hydrogen) atoms. The summed E-state index contributed by atoms with van der Waals surface area (Å²) in [7, 11) is 1.65. The Labute approximate surface area is 184 Å². The van der Waals surface area contributed by atoms with Crippen molar-refractivity contribution in [2.45, 2.75) is 19.4 Å². The van der Waals surface area contributed by atoms with Crippen LogP contribution in [0.15, 0.2) is 41.2 Å². The van der Waals surface area contributed by atoms with Crippen molar-refractivity contribution in [1.82, 2.24) is 9.55 Å². The average Bonchev–Trinajstić information content (AvgIpc) is 2.73. The molecule has 1 saturated heterocycles. The number of nitriles is 1. The first-order valence-electron chi connectivity index (χ1n) is 9.75. The molecule has 1 aliphatic heterocycles. The van der Waals surface area contributed by atoms with Gasteiger partial charge < -0.3 is 14.8 Å². The molecule has 1 N–H and O–H groups in total. The first-order valence-corrected chi connectivity index (χ1v) is 10.5. The first kappa shape index (κ1) is 20.5. The predicted octanol–water partition coefficient (Wildman–Crippen LogP) is 4.44. The van der Waals surface area contributed by atoms with Crippen LogP contribution in [0.2, 0.25) is 10.2 Å². The van der Waals surface area contributed by atoms with E-state index >= 15 is 0 Å². The zero-order valence-electron chi connectivity index (χ0n) is 16.7. The lowest BCUT2D eigenvalue weighted by Crippen LogP contribution is -2.46. The molecule has 0 saturated carbocycles. The molecular weight excluding hydrogens is 421 g/mol. The second-order valence-corrected chi connectivity index (χ2v) is 8.49. The molecule has 6 nitrogen and oxygen atoms in total. The fourth-order valence-electron chi connectivity index (χ4n) is 4.10. The third-order valence-corrected chi connectivity index (χ3v) is 6.17. The minimum Gasteiger partial charge on any atom is -0.382 e. The molecule has 1 fully saturated rings. The third kappa shape index (κ3) is 3.71. The summed E-state index contributed by atoms with van der Waals surface area (Å²) in [6, 6.07) is 13.5. The molecule has 0 spiro atoms. The molecule has 4 rings (SSSR count). The Balaban J connectivity index is 1.68. The van der Waals surface area contributed by atoms with Crippen molar-refractivity contribution in [2.24, 2.45) is 13.0 Å². The van der Waals surface area contributed by atoms with E-state index < -0.39 is 0 Å². The van der Waals surface area contributed by atoms with Gasteiger partial charge >= 0.3 is 0 Å². The molecular formula is C22H21Cl2N5O. The van der Waals surface area contributed by atoms with Crippen LogP contribution in [0, 0.1) is 17.2 Å². The quantitative estimate of drug-likeness (QED) is 0.608. The number of aromatic nitrogens is 2. The van der Waals surface area contributed by atoms with Crippen molar-refractivity contribution < 1.29 is 0 Å². The Kier molecular flexibility index (Phi) is 5.59. The van der Waals surface area contributed by atoms with Crippen LogP contribution < -0.4 is 15.8 Å². The summed E-state index contributed by atoms with van der Waals surface area (Å²) in [5, 5.41) is 14.4. The van der Waals surface area contributed by atoms with Crippen molar-refractivity contribution in [2.75, 3.05) is 23.3 Å². The number of rotatable bonds is 3. The number of halogens is 2. The van der Waals surface area contributed by atoms with Gasteiger partial charge in [-0.25, -0.2) is 4.98 Å². The van der Waals surface area contributed by atoms with E-state index in [2.05, 4.69) is 28.2 Å².